The second-order valence-corrected chi connectivity index (χ2v) is 7.75. The molecule has 31 heavy (non-hydrogen) atoms. The van der Waals surface area contributed by atoms with Crippen LogP contribution in [-0.4, -0.2) is 22.5 Å². The average molecular weight is 493 g/mol. The van der Waals surface area contributed by atoms with E-state index in [9.17, 15) is 4.79 Å². The van der Waals surface area contributed by atoms with Crippen molar-refractivity contribution in [3.63, 3.8) is 0 Å². The van der Waals surface area contributed by atoms with E-state index in [1.54, 1.807) is 30.5 Å². The first-order valence-corrected chi connectivity index (χ1v) is 10.4. The molecule has 0 aliphatic heterocycles. The zero-order chi connectivity index (χ0) is 21.8. The number of halogens is 2. The molecule has 152 valence electrons. The Balaban J connectivity index is 1.83. The maximum atomic E-state index is 13.2. The summed E-state index contributed by atoms with van der Waals surface area (Å²) in [5.74, 6) is 3.30. The first kappa shape index (κ1) is 20.9. The second kappa shape index (κ2) is 9.17. The highest BCUT2D eigenvalue weighted by atomic mass is 79.9. The summed E-state index contributed by atoms with van der Waals surface area (Å²) in [5.41, 5.74) is 1.79. The van der Waals surface area contributed by atoms with Crippen LogP contribution in [0, 0.1) is 12.3 Å². The predicted octanol–water partition coefficient (Wildman–Crippen LogP) is 5.37. The van der Waals surface area contributed by atoms with Gasteiger partial charge in [0.25, 0.3) is 5.56 Å². The minimum absolute atomic E-state index is 0.102. The number of fused-ring (bicyclic) bond motifs is 1. The summed E-state index contributed by atoms with van der Waals surface area (Å²) in [4.78, 5) is 17.9. The highest BCUT2D eigenvalue weighted by Gasteiger charge is 2.13. The van der Waals surface area contributed by atoms with Crippen molar-refractivity contribution in [1.82, 2.24) is 9.66 Å². The third-order valence-electron chi connectivity index (χ3n) is 4.43. The SMILES string of the molecule is C#CCOc1c(Cl)cc(C=Nn2c(-c3ccccc3)nc3ccccc3c2=O)cc1Br. The molecule has 0 unspecified atom stereocenters. The minimum atomic E-state index is -0.264. The Morgan fingerprint density at radius 1 is 1.16 bits per heavy atom. The summed E-state index contributed by atoms with van der Waals surface area (Å²) >= 11 is 9.75. The van der Waals surface area contributed by atoms with Gasteiger partial charge in [0, 0.05) is 5.56 Å². The van der Waals surface area contributed by atoms with Gasteiger partial charge in [-0.2, -0.15) is 9.78 Å². The number of ether oxygens (including phenoxy) is 1. The number of terminal acetylenes is 1. The molecule has 0 fully saturated rings. The number of hydrogen-bond acceptors (Lipinski definition) is 4. The van der Waals surface area contributed by atoms with Gasteiger partial charge < -0.3 is 4.74 Å². The van der Waals surface area contributed by atoms with Gasteiger partial charge in [0.15, 0.2) is 11.6 Å². The molecule has 3 aromatic carbocycles. The van der Waals surface area contributed by atoms with Crippen LogP contribution in [-0.2, 0) is 0 Å². The molecule has 1 aromatic heterocycles. The fraction of sp³-hybridized carbons (Fsp3) is 0.0417. The molecule has 0 radical (unpaired) electrons. The van der Waals surface area contributed by atoms with Crippen molar-refractivity contribution in [3.05, 3.63) is 92.1 Å². The number of para-hydroxylation sites is 1. The maximum absolute atomic E-state index is 13.2. The van der Waals surface area contributed by atoms with Crippen LogP contribution in [0.5, 0.6) is 5.75 Å². The highest BCUT2D eigenvalue weighted by Crippen LogP contribution is 2.34. The Kier molecular flexibility index (Phi) is 6.17. The lowest BCUT2D eigenvalue weighted by molar-refractivity contribution is 0.368. The summed E-state index contributed by atoms with van der Waals surface area (Å²) in [7, 11) is 0. The van der Waals surface area contributed by atoms with E-state index >= 15 is 0 Å². The quantitative estimate of drug-likeness (QED) is 0.278. The average Bonchev–Trinajstić information content (AvgIpc) is 2.78. The number of benzene rings is 3. The van der Waals surface area contributed by atoms with Crippen LogP contribution in [0.4, 0.5) is 0 Å². The van der Waals surface area contributed by atoms with Crippen molar-refractivity contribution < 1.29 is 4.74 Å². The van der Waals surface area contributed by atoms with E-state index in [0.717, 1.165) is 5.56 Å². The van der Waals surface area contributed by atoms with E-state index in [4.69, 9.17) is 22.8 Å². The van der Waals surface area contributed by atoms with Crippen LogP contribution in [0.15, 0.2) is 81.1 Å². The monoisotopic (exact) mass is 491 g/mol. The predicted molar refractivity (Wildman–Crippen MR) is 128 cm³/mol. The summed E-state index contributed by atoms with van der Waals surface area (Å²) in [6.45, 7) is 0.102. The molecule has 1 heterocycles. The summed E-state index contributed by atoms with van der Waals surface area (Å²) < 4.78 is 7.38. The minimum Gasteiger partial charge on any atom is -0.478 e. The third kappa shape index (κ3) is 4.38. The molecule has 0 saturated heterocycles. The molecule has 5 nitrogen and oxygen atoms in total. The molecular formula is C24H15BrClN3O2. The Bertz CT molecular complexity index is 1370. The van der Waals surface area contributed by atoms with Crippen molar-refractivity contribution >= 4 is 44.6 Å². The third-order valence-corrected chi connectivity index (χ3v) is 5.30. The highest BCUT2D eigenvalue weighted by molar-refractivity contribution is 9.10. The van der Waals surface area contributed by atoms with Crippen molar-refractivity contribution in [2.75, 3.05) is 6.61 Å². The van der Waals surface area contributed by atoms with Crippen LogP contribution in [0.25, 0.3) is 22.3 Å². The van der Waals surface area contributed by atoms with E-state index in [-0.39, 0.29) is 12.2 Å². The van der Waals surface area contributed by atoms with Gasteiger partial charge in [0.1, 0.15) is 6.61 Å². The van der Waals surface area contributed by atoms with Crippen molar-refractivity contribution in [1.29, 1.82) is 0 Å². The van der Waals surface area contributed by atoms with E-state index in [0.29, 0.717) is 37.5 Å². The molecule has 0 bridgehead atoms. The Morgan fingerprint density at radius 3 is 2.65 bits per heavy atom. The van der Waals surface area contributed by atoms with E-state index < -0.39 is 0 Å². The molecule has 4 rings (SSSR count). The maximum Gasteiger partial charge on any atom is 0.282 e. The van der Waals surface area contributed by atoms with Crippen LogP contribution in [0.1, 0.15) is 5.56 Å². The summed E-state index contributed by atoms with van der Waals surface area (Å²) in [5, 5.41) is 5.30. The zero-order valence-electron chi connectivity index (χ0n) is 16.1. The number of rotatable bonds is 5. The molecule has 0 N–H and O–H groups in total. The van der Waals surface area contributed by atoms with Crippen LogP contribution < -0.4 is 10.3 Å². The fourth-order valence-electron chi connectivity index (χ4n) is 3.04. The van der Waals surface area contributed by atoms with Crippen LogP contribution in [0.3, 0.4) is 0 Å². The molecule has 0 saturated carbocycles. The van der Waals surface area contributed by atoms with Crippen LogP contribution >= 0.6 is 27.5 Å². The van der Waals surface area contributed by atoms with Crippen molar-refractivity contribution in [3.8, 4) is 29.5 Å². The lowest BCUT2D eigenvalue weighted by Crippen LogP contribution is -2.20. The Morgan fingerprint density at radius 2 is 1.90 bits per heavy atom. The standard InChI is InChI=1S/C24H15BrClN3O2/c1-2-12-31-22-19(25)13-16(14-20(22)26)15-27-29-23(17-8-4-3-5-9-17)28-21-11-7-6-10-18(21)24(29)30/h1,3-11,13-15H,12H2. The van der Waals surface area contributed by atoms with Gasteiger partial charge >= 0.3 is 0 Å². The van der Waals surface area contributed by atoms with Gasteiger partial charge in [-0.05, 0) is 45.8 Å². The largest absolute Gasteiger partial charge is 0.478 e. The molecule has 0 atom stereocenters. The van der Waals surface area contributed by atoms with Crippen molar-refractivity contribution in [2.45, 2.75) is 0 Å². The van der Waals surface area contributed by atoms with Crippen LogP contribution in [0.2, 0.25) is 5.02 Å². The van der Waals surface area contributed by atoms with E-state index in [1.807, 2.05) is 42.5 Å². The van der Waals surface area contributed by atoms with Gasteiger partial charge in [-0.15, -0.1) is 6.42 Å². The molecule has 0 amide bonds. The normalized spacial score (nSPS) is 11.0. The van der Waals surface area contributed by atoms with Gasteiger partial charge in [-0.1, -0.05) is 60.0 Å². The molecule has 0 aliphatic rings. The van der Waals surface area contributed by atoms with Crippen molar-refractivity contribution in [2.24, 2.45) is 5.10 Å². The summed E-state index contributed by atoms with van der Waals surface area (Å²) in [6, 6.07) is 20.1. The number of hydrogen-bond donors (Lipinski definition) is 0. The Labute approximate surface area is 192 Å². The lowest BCUT2D eigenvalue weighted by Gasteiger charge is -2.10. The Hall–Kier alpha value is -3.40. The van der Waals surface area contributed by atoms with E-state index in [2.05, 4.69) is 31.9 Å². The fourth-order valence-corrected chi connectivity index (χ4v) is 4.02. The zero-order valence-corrected chi connectivity index (χ0v) is 18.5. The number of aromatic nitrogens is 2. The van der Waals surface area contributed by atoms with Gasteiger partial charge in [-0.3, -0.25) is 4.79 Å². The van der Waals surface area contributed by atoms with Gasteiger partial charge in [0.05, 0.1) is 26.6 Å². The second-order valence-electron chi connectivity index (χ2n) is 6.49. The lowest BCUT2D eigenvalue weighted by atomic mass is 10.2. The van der Waals surface area contributed by atoms with Gasteiger partial charge in [-0.25, -0.2) is 4.98 Å². The topological polar surface area (TPSA) is 56.5 Å². The molecule has 0 aliphatic carbocycles. The van der Waals surface area contributed by atoms with E-state index in [1.165, 1.54) is 4.68 Å². The number of nitrogens with zero attached hydrogens (tertiary/aromatic N) is 3. The first-order valence-electron chi connectivity index (χ1n) is 9.25. The molecule has 0 spiro atoms. The van der Waals surface area contributed by atoms with Gasteiger partial charge in [0.2, 0.25) is 0 Å². The smallest absolute Gasteiger partial charge is 0.282 e. The summed E-state index contributed by atoms with van der Waals surface area (Å²) in [6.07, 6.45) is 6.79. The first-order chi connectivity index (χ1) is 15.1. The molecule has 4 aromatic rings. The molecular weight excluding hydrogens is 478 g/mol. The molecule has 7 heteroatoms.